The average Bonchev–Trinajstić information content (AvgIpc) is 2.42. The van der Waals surface area contributed by atoms with Crippen LogP contribution in [0.5, 0.6) is 5.88 Å². The average molecular weight is 335 g/mol. The Labute approximate surface area is 124 Å². The molecule has 1 aromatic heterocycles. The second kappa shape index (κ2) is 5.82. The van der Waals surface area contributed by atoms with Gasteiger partial charge in [0.25, 0.3) is 10.0 Å². The number of sulfonamides is 1. The minimum absolute atomic E-state index is 0.0515. The SMILES string of the molecule is COc1ncc(F)cc1S(=O)(=O)Nc1ccc(F)cc1Cl. The molecule has 2 aromatic rings. The van der Waals surface area contributed by atoms with Gasteiger partial charge in [0.1, 0.15) is 11.6 Å². The number of ether oxygens (including phenoxy) is 1. The van der Waals surface area contributed by atoms with Crippen LogP contribution in [0, 0.1) is 11.6 Å². The Morgan fingerprint density at radius 3 is 2.57 bits per heavy atom. The third-order valence-corrected chi connectivity index (χ3v) is 4.12. The minimum atomic E-state index is -4.20. The van der Waals surface area contributed by atoms with E-state index in [-0.39, 0.29) is 16.6 Å². The van der Waals surface area contributed by atoms with Crippen LogP contribution in [0.25, 0.3) is 0 Å². The highest BCUT2D eigenvalue weighted by molar-refractivity contribution is 7.92. The molecule has 0 fully saturated rings. The van der Waals surface area contributed by atoms with Crippen molar-refractivity contribution in [2.45, 2.75) is 4.90 Å². The Hall–Kier alpha value is -1.93. The number of nitrogens with zero attached hydrogens (tertiary/aromatic N) is 1. The molecule has 2 rings (SSSR count). The maximum atomic E-state index is 13.2. The molecular weight excluding hydrogens is 326 g/mol. The maximum Gasteiger partial charge on any atom is 0.267 e. The van der Waals surface area contributed by atoms with Gasteiger partial charge < -0.3 is 4.74 Å². The Bertz CT molecular complexity index is 784. The van der Waals surface area contributed by atoms with Gasteiger partial charge in [0.15, 0.2) is 4.90 Å². The molecule has 0 amide bonds. The number of nitrogens with one attached hydrogen (secondary N) is 1. The van der Waals surface area contributed by atoms with E-state index in [4.69, 9.17) is 16.3 Å². The van der Waals surface area contributed by atoms with E-state index in [0.717, 1.165) is 30.5 Å². The van der Waals surface area contributed by atoms with Crippen molar-refractivity contribution in [3.05, 3.63) is 47.1 Å². The number of hydrogen-bond acceptors (Lipinski definition) is 4. The second-order valence-corrected chi connectivity index (χ2v) is 5.95. The summed E-state index contributed by atoms with van der Waals surface area (Å²) < 4.78 is 57.5. The van der Waals surface area contributed by atoms with Crippen molar-refractivity contribution >= 4 is 27.3 Å². The molecule has 0 atom stereocenters. The van der Waals surface area contributed by atoms with Crippen LogP contribution in [0.4, 0.5) is 14.5 Å². The molecule has 1 aromatic carbocycles. The zero-order valence-electron chi connectivity index (χ0n) is 10.6. The summed E-state index contributed by atoms with van der Waals surface area (Å²) in [4.78, 5) is 3.04. The normalized spacial score (nSPS) is 11.2. The van der Waals surface area contributed by atoms with Gasteiger partial charge in [-0.25, -0.2) is 22.2 Å². The molecule has 0 bridgehead atoms. The molecule has 0 aliphatic carbocycles. The molecule has 0 radical (unpaired) electrons. The van der Waals surface area contributed by atoms with E-state index in [1.54, 1.807) is 0 Å². The Balaban J connectivity index is 2.45. The van der Waals surface area contributed by atoms with E-state index in [1.165, 1.54) is 7.11 Å². The zero-order chi connectivity index (χ0) is 15.6. The summed E-state index contributed by atoms with van der Waals surface area (Å²) in [6.45, 7) is 0. The monoisotopic (exact) mass is 334 g/mol. The predicted octanol–water partition coefficient (Wildman–Crippen LogP) is 2.82. The number of pyridine rings is 1. The topological polar surface area (TPSA) is 68.3 Å². The Morgan fingerprint density at radius 2 is 1.95 bits per heavy atom. The molecule has 9 heteroatoms. The molecule has 1 heterocycles. The second-order valence-electron chi connectivity index (χ2n) is 3.89. The van der Waals surface area contributed by atoms with Crippen molar-refractivity contribution in [3.63, 3.8) is 0 Å². The molecule has 0 aliphatic rings. The van der Waals surface area contributed by atoms with Gasteiger partial charge in [0.05, 0.1) is 24.0 Å². The van der Waals surface area contributed by atoms with Crippen LogP contribution >= 0.6 is 11.6 Å². The Kier molecular flexibility index (Phi) is 4.29. The van der Waals surface area contributed by atoms with Gasteiger partial charge in [-0.2, -0.15) is 0 Å². The van der Waals surface area contributed by atoms with E-state index >= 15 is 0 Å². The van der Waals surface area contributed by atoms with E-state index in [9.17, 15) is 17.2 Å². The fraction of sp³-hybridized carbons (Fsp3) is 0.0833. The van der Waals surface area contributed by atoms with Crippen LogP contribution in [0.15, 0.2) is 35.4 Å². The zero-order valence-corrected chi connectivity index (χ0v) is 12.2. The van der Waals surface area contributed by atoms with Gasteiger partial charge in [-0.15, -0.1) is 0 Å². The summed E-state index contributed by atoms with van der Waals surface area (Å²) in [7, 11) is -3.00. The van der Waals surface area contributed by atoms with Crippen molar-refractivity contribution < 1.29 is 21.9 Å². The fourth-order valence-electron chi connectivity index (χ4n) is 1.53. The summed E-state index contributed by atoms with van der Waals surface area (Å²) >= 11 is 5.74. The van der Waals surface area contributed by atoms with Crippen LogP contribution in [-0.2, 0) is 10.0 Å². The van der Waals surface area contributed by atoms with Crippen LogP contribution < -0.4 is 9.46 Å². The van der Waals surface area contributed by atoms with Gasteiger partial charge in [-0.3, -0.25) is 4.72 Å². The lowest BCUT2D eigenvalue weighted by Gasteiger charge is -2.11. The highest BCUT2D eigenvalue weighted by Crippen LogP contribution is 2.28. The summed E-state index contributed by atoms with van der Waals surface area (Å²) in [5, 5.41) is -0.137. The standard InChI is InChI=1S/C12H9ClF2N2O3S/c1-20-12-11(5-8(15)6-16-12)21(18,19)17-10-3-2-7(14)4-9(10)13/h2-6,17H,1H3. The van der Waals surface area contributed by atoms with Crippen LogP contribution in [-0.4, -0.2) is 20.5 Å². The summed E-state index contributed by atoms with van der Waals surface area (Å²) in [5.74, 6) is -1.74. The number of rotatable bonds is 4. The number of hydrogen-bond donors (Lipinski definition) is 1. The Morgan fingerprint density at radius 1 is 1.24 bits per heavy atom. The molecule has 0 saturated heterocycles. The van der Waals surface area contributed by atoms with Gasteiger partial charge in [0.2, 0.25) is 5.88 Å². The lowest BCUT2D eigenvalue weighted by molar-refractivity contribution is 0.382. The molecule has 5 nitrogen and oxygen atoms in total. The largest absolute Gasteiger partial charge is 0.480 e. The molecule has 112 valence electrons. The quantitative estimate of drug-likeness (QED) is 0.933. The molecule has 21 heavy (non-hydrogen) atoms. The summed E-state index contributed by atoms with van der Waals surface area (Å²) in [6, 6.07) is 3.88. The maximum absolute atomic E-state index is 13.2. The lowest BCUT2D eigenvalue weighted by Crippen LogP contribution is -2.15. The molecule has 0 saturated carbocycles. The van der Waals surface area contributed by atoms with E-state index in [1.807, 2.05) is 0 Å². The molecule has 0 unspecified atom stereocenters. The predicted molar refractivity (Wildman–Crippen MR) is 73.0 cm³/mol. The minimum Gasteiger partial charge on any atom is -0.480 e. The van der Waals surface area contributed by atoms with Crippen molar-refractivity contribution in [1.82, 2.24) is 4.98 Å². The van der Waals surface area contributed by atoms with Crippen molar-refractivity contribution in [2.75, 3.05) is 11.8 Å². The first-order valence-corrected chi connectivity index (χ1v) is 7.37. The first-order valence-electron chi connectivity index (χ1n) is 5.51. The summed E-state index contributed by atoms with van der Waals surface area (Å²) in [6.07, 6.45) is 0.822. The smallest absolute Gasteiger partial charge is 0.267 e. The first kappa shape index (κ1) is 15.5. The number of aromatic nitrogens is 1. The highest BCUT2D eigenvalue weighted by atomic mass is 35.5. The van der Waals surface area contributed by atoms with Gasteiger partial charge in [-0.05, 0) is 18.2 Å². The number of halogens is 3. The van der Waals surface area contributed by atoms with Crippen molar-refractivity contribution in [1.29, 1.82) is 0 Å². The van der Waals surface area contributed by atoms with Gasteiger partial charge in [0, 0.05) is 6.07 Å². The van der Waals surface area contributed by atoms with Crippen molar-refractivity contribution in [2.24, 2.45) is 0 Å². The number of benzene rings is 1. The summed E-state index contributed by atoms with van der Waals surface area (Å²) in [5.41, 5.74) is -0.0515. The van der Waals surface area contributed by atoms with E-state index < -0.39 is 26.6 Å². The third-order valence-electron chi connectivity index (χ3n) is 2.44. The lowest BCUT2D eigenvalue weighted by atomic mass is 10.3. The molecule has 0 aliphatic heterocycles. The number of methoxy groups -OCH3 is 1. The molecular formula is C12H9ClF2N2O3S. The number of anilines is 1. The van der Waals surface area contributed by atoms with E-state index in [0.29, 0.717) is 0 Å². The van der Waals surface area contributed by atoms with E-state index in [2.05, 4.69) is 9.71 Å². The van der Waals surface area contributed by atoms with Crippen LogP contribution in [0.2, 0.25) is 5.02 Å². The molecule has 0 spiro atoms. The fourth-order valence-corrected chi connectivity index (χ4v) is 3.01. The first-order chi connectivity index (χ1) is 9.83. The third kappa shape index (κ3) is 3.40. The van der Waals surface area contributed by atoms with Gasteiger partial charge >= 0.3 is 0 Å². The van der Waals surface area contributed by atoms with Crippen molar-refractivity contribution in [3.8, 4) is 5.88 Å². The van der Waals surface area contributed by atoms with Crippen LogP contribution in [0.3, 0.4) is 0 Å². The molecule has 1 N–H and O–H groups in total. The van der Waals surface area contributed by atoms with Crippen LogP contribution in [0.1, 0.15) is 0 Å². The van der Waals surface area contributed by atoms with Gasteiger partial charge in [-0.1, -0.05) is 11.6 Å². The highest BCUT2D eigenvalue weighted by Gasteiger charge is 2.22.